The molecular formula is C11H8N2O3. The van der Waals surface area contributed by atoms with Gasteiger partial charge in [0.05, 0.1) is 0 Å². The van der Waals surface area contributed by atoms with Gasteiger partial charge in [0, 0.05) is 12.5 Å². The molecule has 0 aromatic heterocycles. The number of oxime groups is 1. The Bertz CT molecular complexity index is 468. The van der Waals surface area contributed by atoms with E-state index in [9.17, 15) is 4.79 Å². The first kappa shape index (κ1) is 11.5. The van der Waals surface area contributed by atoms with Crippen LogP contribution in [-0.2, 0) is 14.7 Å². The fourth-order valence-electron chi connectivity index (χ4n) is 0.863. The second kappa shape index (κ2) is 6.02. The molecule has 5 heteroatoms. The van der Waals surface area contributed by atoms with Crippen LogP contribution >= 0.6 is 0 Å². The Kier molecular flexibility index (Phi) is 4.33. The maximum absolute atomic E-state index is 10.0. The molecule has 0 aliphatic heterocycles. The minimum absolute atomic E-state index is 0.0549. The summed E-state index contributed by atoms with van der Waals surface area (Å²) in [6.45, 7) is 1.36. The predicted octanol–water partition coefficient (Wildman–Crippen LogP) is 1.60. The SMILES string of the molecule is CC(=C=O)OO/N=C(/C#N)c1ccccc1. The molecule has 5 nitrogen and oxygen atoms in total. The van der Waals surface area contributed by atoms with Crippen LogP contribution in [0.5, 0.6) is 0 Å². The first-order chi connectivity index (χ1) is 7.77. The van der Waals surface area contributed by atoms with Crippen LogP contribution in [0.25, 0.3) is 0 Å². The second-order valence-corrected chi connectivity index (χ2v) is 2.73. The summed E-state index contributed by atoms with van der Waals surface area (Å²) >= 11 is 0. The third kappa shape index (κ3) is 3.29. The van der Waals surface area contributed by atoms with E-state index in [1.807, 2.05) is 12.1 Å². The fourth-order valence-corrected chi connectivity index (χ4v) is 0.863. The summed E-state index contributed by atoms with van der Waals surface area (Å²) in [6, 6.07) is 10.6. The summed E-state index contributed by atoms with van der Waals surface area (Å²) in [6.07, 6.45) is 0. The van der Waals surface area contributed by atoms with Gasteiger partial charge in [-0.1, -0.05) is 30.3 Å². The molecule has 0 saturated carbocycles. The van der Waals surface area contributed by atoms with Gasteiger partial charge in [-0.2, -0.15) is 10.3 Å². The number of nitriles is 1. The molecule has 0 unspecified atom stereocenters. The van der Waals surface area contributed by atoms with Crippen LogP contribution < -0.4 is 0 Å². The van der Waals surface area contributed by atoms with E-state index >= 15 is 0 Å². The summed E-state index contributed by atoms with van der Waals surface area (Å²) < 4.78 is 0. The lowest BCUT2D eigenvalue weighted by atomic mass is 10.1. The highest BCUT2D eigenvalue weighted by Gasteiger charge is 2.02. The zero-order valence-electron chi connectivity index (χ0n) is 8.51. The van der Waals surface area contributed by atoms with E-state index in [1.165, 1.54) is 12.9 Å². The van der Waals surface area contributed by atoms with E-state index < -0.39 is 0 Å². The van der Waals surface area contributed by atoms with Gasteiger partial charge in [0.25, 0.3) is 0 Å². The van der Waals surface area contributed by atoms with Crippen molar-refractivity contribution in [2.24, 2.45) is 5.16 Å². The molecule has 80 valence electrons. The number of carbonyl (C=O) groups excluding carboxylic acids is 1. The second-order valence-electron chi connectivity index (χ2n) is 2.73. The van der Waals surface area contributed by atoms with Crippen molar-refractivity contribution in [2.75, 3.05) is 0 Å². The van der Waals surface area contributed by atoms with Gasteiger partial charge in [-0.05, 0) is 5.16 Å². The molecule has 0 aliphatic carbocycles. The largest absolute Gasteiger partial charge is 0.260 e. The van der Waals surface area contributed by atoms with Crippen LogP contribution in [0, 0.1) is 11.3 Å². The summed E-state index contributed by atoms with van der Waals surface area (Å²) in [7, 11) is 0. The minimum Gasteiger partial charge on any atom is -0.260 e. The highest BCUT2D eigenvalue weighted by Crippen LogP contribution is 2.02. The van der Waals surface area contributed by atoms with Gasteiger partial charge in [0.15, 0.2) is 11.7 Å². The van der Waals surface area contributed by atoms with Crippen LogP contribution in [0.4, 0.5) is 0 Å². The molecule has 0 amide bonds. The van der Waals surface area contributed by atoms with Gasteiger partial charge in [-0.25, -0.2) is 4.79 Å². The molecule has 0 N–H and O–H groups in total. The van der Waals surface area contributed by atoms with Crippen LogP contribution in [0.3, 0.4) is 0 Å². The van der Waals surface area contributed by atoms with Gasteiger partial charge in [0.2, 0.25) is 5.76 Å². The van der Waals surface area contributed by atoms with E-state index in [-0.39, 0.29) is 11.5 Å². The first-order valence-electron chi connectivity index (χ1n) is 4.37. The predicted molar refractivity (Wildman–Crippen MR) is 55.6 cm³/mol. The average molecular weight is 216 g/mol. The lowest BCUT2D eigenvalue weighted by Gasteiger charge is -1.97. The van der Waals surface area contributed by atoms with Crippen LogP contribution in [0.2, 0.25) is 0 Å². The molecule has 0 fully saturated rings. The number of benzene rings is 1. The Labute approximate surface area is 92.1 Å². The average Bonchev–Trinajstić information content (AvgIpc) is 2.35. The van der Waals surface area contributed by atoms with Crippen molar-refractivity contribution < 1.29 is 14.7 Å². The third-order valence-corrected chi connectivity index (χ3v) is 1.59. The number of hydrogen-bond donors (Lipinski definition) is 0. The Balaban J connectivity index is 2.73. The van der Waals surface area contributed by atoms with Crippen molar-refractivity contribution in [3.8, 4) is 6.07 Å². The Hall–Kier alpha value is -2.57. The topological polar surface area (TPSA) is 71.7 Å². The van der Waals surface area contributed by atoms with Crippen molar-refractivity contribution in [1.29, 1.82) is 5.26 Å². The normalized spacial score (nSPS) is 9.88. The van der Waals surface area contributed by atoms with Gasteiger partial charge >= 0.3 is 0 Å². The minimum atomic E-state index is -0.103. The summed E-state index contributed by atoms with van der Waals surface area (Å²) in [5, 5.41) is 12.2. The van der Waals surface area contributed by atoms with Crippen LogP contribution in [0.1, 0.15) is 12.5 Å². The van der Waals surface area contributed by atoms with Crippen molar-refractivity contribution in [1.82, 2.24) is 0 Å². The van der Waals surface area contributed by atoms with E-state index in [0.717, 1.165) is 0 Å². The Morgan fingerprint density at radius 3 is 2.62 bits per heavy atom. The number of rotatable bonds is 4. The number of allylic oxidation sites excluding steroid dienone is 1. The third-order valence-electron chi connectivity index (χ3n) is 1.59. The molecule has 0 spiro atoms. The molecule has 0 saturated heterocycles. The highest BCUT2D eigenvalue weighted by molar-refractivity contribution is 6.11. The smallest absolute Gasteiger partial charge is 0.237 e. The monoisotopic (exact) mass is 216 g/mol. The molecule has 0 atom stereocenters. The Morgan fingerprint density at radius 2 is 2.06 bits per heavy atom. The van der Waals surface area contributed by atoms with E-state index in [4.69, 9.17) is 5.26 Å². The molecule has 0 radical (unpaired) electrons. The Morgan fingerprint density at radius 1 is 1.38 bits per heavy atom. The summed E-state index contributed by atoms with van der Waals surface area (Å²) in [5.74, 6) is 1.36. The molecule has 0 bridgehead atoms. The van der Waals surface area contributed by atoms with Gasteiger partial charge in [-0.3, -0.25) is 4.89 Å². The molecular weight excluding hydrogens is 208 g/mol. The first-order valence-corrected chi connectivity index (χ1v) is 4.37. The van der Waals surface area contributed by atoms with Gasteiger partial charge in [0.1, 0.15) is 6.07 Å². The zero-order valence-corrected chi connectivity index (χ0v) is 8.51. The van der Waals surface area contributed by atoms with Crippen LogP contribution in [-0.4, -0.2) is 11.7 Å². The van der Waals surface area contributed by atoms with Crippen molar-refractivity contribution in [3.63, 3.8) is 0 Å². The molecule has 1 aromatic carbocycles. The maximum atomic E-state index is 10.0. The number of hydrogen-bond acceptors (Lipinski definition) is 5. The summed E-state index contributed by atoms with van der Waals surface area (Å²) in [4.78, 5) is 18.8. The van der Waals surface area contributed by atoms with E-state index in [2.05, 4.69) is 15.0 Å². The molecule has 0 heterocycles. The molecule has 1 aromatic rings. The highest BCUT2D eigenvalue weighted by atomic mass is 17.3. The lowest BCUT2D eigenvalue weighted by molar-refractivity contribution is -0.260. The zero-order chi connectivity index (χ0) is 11.8. The van der Waals surface area contributed by atoms with E-state index in [0.29, 0.717) is 5.56 Å². The summed E-state index contributed by atoms with van der Waals surface area (Å²) in [5.41, 5.74) is 0.653. The van der Waals surface area contributed by atoms with Crippen LogP contribution in [0.15, 0.2) is 41.2 Å². The fraction of sp³-hybridized carbons (Fsp3) is 0.0909. The lowest BCUT2D eigenvalue weighted by Crippen LogP contribution is -1.98. The quantitative estimate of drug-likeness (QED) is 0.252. The van der Waals surface area contributed by atoms with Gasteiger partial charge in [-0.15, -0.1) is 0 Å². The van der Waals surface area contributed by atoms with Gasteiger partial charge < -0.3 is 0 Å². The molecule has 0 aliphatic rings. The number of nitrogens with zero attached hydrogens (tertiary/aromatic N) is 2. The van der Waals surface area contributed by atoms with Crippen molar-refractivity contribution in [2.45, 2.75) is 6.92 Å². The molecule has 1 rings (SSSR count). The van der Waals surface area contributed by atoms with Crippen molar-refractivity contribution in [3.05, 3.63) is 41.7 Å². The van der Waals surface area contributed by atoms with E-state index in [1.54, 1.807) is 24.3 Å². The molecule has 16 heavy (non-hydrogen) atoms. The maximum Gasteiger partial charge on any atom is 0.237 e. The van der Waals surface area contributed by atoms with Crippen molar-refractivity contribution >= 4 is 11.7 Å². The standard InChI is InChI=1S/C11H8N2O3/c1-9(8-14)15-16-13-11(7-12)10-5-3-2-4-6-10/h2-6H,1H3/b13-11-.